The summed E-state index contributed by atoms with van der Waals surface area (Å²) in [5.41, 5.74) is 2.04. The summed E-state index contributed by atoms with van der Waals surface area (Å²) in [5, 5.41) is 10.8. The summed E-state index contributed by atoms with van der Waals surface area (Å²) >= 11 is 0. The van der Waals surface area contributed by atoms with Crippen LogP contribution in [-0.4, -0.2) is 26.8 Å². The van der Waals surface area contributed by atoms with Gasteiger partial charge in [0.05, 0.1) is 4.90 Å². The molecule has 0 bridgehead atoms. The highest BCUT2D eigenvalue weighted by atomic mass is 32.2. The predicted molar refractivity (Wildman–Crippen MR) is 113 cm³/mol. The molecule has 7 nitrogen and oxygen atoms in total. The third-order valence-electron chi connectivity index (χ3n) is 4.72. The van der Waals surface area contributed by atoms with E-state index in [9.17, 15) is 18.0 Å². The predicted octanol–water partition coefficient (Wildman–Crippen LogP) is 2.68. The zero-order chi connectivity index (χ0) is 21.4. The van der Waals surface area contributed by atoms with Gasteiger partial charge in [0, 0.05) is 23.7 Å². The zero-order valence-corrected chi connectivity index (χ0v) is 17.5. The first-order valence-corrected chi connectivity index (χ1v) is 11.1. The lowest BCUT2D eigenvalue weighted by Gasteiger charge is -2.13. The van der Waals surface area contributed by atoms with Crippen LogP contribution in [-0.2, 0) is 21.2 Å². The number of nitrogens with two attached hydrogens (primary N) is 1. The third kappa shape index (κ3) is 6.69. The van der Waals surface area contributed by atoms with Crippen molar-refractivity contribution in [1.29, 1.82) is 0 Å². The highest BCUT2D eigenvalue weighted by Crippen LogP contribution is 2.14. The van der Waals surface area contributed by atoms with Crippen LogP contribution in [0, 0.1) is 5.92 Å². The Morgan fingerprint density at radius 1 is 0.966 bits per heavy atom. The fraction of sp³-hybridized carbons (Fsp3) is 0.333. The van der Waals surface area contributed by atoms with E-state index in [2.05, 4.69) is 10.6 Å². The Bertz CT molecular complexity index is 935. The molecule has 0 aliphatic carbocycles. The van der Waals surface area contributed by atoms with Gasteiger partial charge in [-0.2, -0.15) is 0 Å². The summed E-state index contributed by atoms with van der Waals surface area (Å²) < 4.78 is 22.5. The van der Waals surface area contributed by atoms with Gasteiger partial charge in [0.2, 0.25) is 15.9 Å². The van der Waals surface area contributed by atoms with Crippen LogP contribution in [0.25, 0.3) is 0 Å². The van der Waals surface area contributed by atoms with Crippen LogP contribution in [0.3, 0.4) is 0 Å². The van der Waals surface area contributed by atoms with Crippen molar-refractivity contribution in [3.63, 3.8) is 0 Å². The summed E-state index contributed by atoms with van der Waals surface area (Å²) in [5.74, 6) is -0.248. The number of carbonyl (C=O) groups is 2. The van der Waals surface area contributed by atoms with Crippen LogP contribution in [0.2, 0.25) is 0 Å². The SMILES string of the molecule is CCC(CC)C(=O)Nc1ccc(C(=O)NCCc2ccc(S(N)(=O)=O)cc2)cc1. The molecule has 0 unspecified atom stereocenters. The van der Waals surface area contributed by atoms with E-state index in [1.54, 1.807) is 36.4 Å². The Balaban J connectivity index is 1.85. The molecule has 0 saturated heterocycles. The Kier molecular flexibility index (Phi) is 7.92. The smallest absolute Gasteiger partial charge is 0.251 e. The first-order chi connectivity index (χ1) is 13.7. The van der Waals surface area contributed by atoms with E-state index in [4.69, 9.17) is 5.14 Å². The van der Waals surface area contributed by atoms with Gasteiger partial charge >= 0.3 is 0 Å². The van der Waals surface area contributed by atoms with E-state index in [0.717, 1.165) is 18.4 Å². The topological polar surface area (TPSA) is 118 Å². The van der Waals surface area contributed by atoms with E-state index < -0.39 is 10.0 Å². The van der Waals surface area contributed by atoms with Crippen LogP contribution >= 0.6 is 0 Å². The first-order valence-electron chi connectivity index (χ1n) is 9.55. The van der Waals surface area contributed by atoms with Gasteiger partial charge in [-0.1, -0.05) is 26.0 Å². The van der Waals surface area contributed by atoms with Gasteiger partial charge in [-0.05, 0) is 61.2 Å². The van der Waals surface area contributed by atoms with Crippen molar-refractivity contribution in [2.24, 2.45) is 11.1 Å². The molecular weight excluding hydrogens is 390 g/mol. The lowest BCUT2D eigenvalue weighted by molar-refractivity contribution is -0.120. The van der Waals surface area contributed by atoms with E-state index in [0.29, 0.717) is 24.2 Å². The van der Waals surface area contributed by atoms with Gasteiger partial charge in [-0.25, -0.2) is 13.6 Å². The van der Waals surface area contributed by atoms with Crippen molar-refractivity contribution in [2.75, 3.05) is 11.9 Å². The molecule has 0 aliphatic heterocycles. The Labute approximate surface area is 171 Å². The molecule has 2 aromatic rings. The number of benzene rings is 2. The summed E-state index contributed by atoms with van der Waals surface area (Å²) in [6.07, 6.45) is 2.13. The van der Waals surface area contributed by atoms with Gasteiger partial charge in [0.15, 0.2) is 0 Å². The van der Waals surface area contributed by atoms with Crippen LogP contribution < -0.4 is 15.8 Å². The number of carbonyl (C=O) groups excluding carboxylic acids is 2. The highest BCUT2D eigenvalue weighted by molar-refractivity contribution is 7.89. The number of sulfonamides is 1. The average molecular weight is 418 g/mol. The molecule has 8 heteroatoms. The Hall–Kier alpha value is -2.71. The minimum Gasteiger partial charge on any atom is -0.352 e. The summed E-state index contributed by atoms with van der Waals surface area (Å²) in [4.78, 5) is 24.4. The summed E-state index contributed by atoms with van der Waals surface area (Å²) in [7, 11) is -3.70. The van der Waals surface area contributed by atoms with E-state index in [-0.39, 0.29) is 22.6 Å². The van der Waals surface area contributed by atoms with Crippen molar-refractivity contribution < 1.29 is 18.0 Å². The highest BCUT2D eigenvalue weighted by Gasteiger charge is 2.14. The lowest BCUT2D eigenvalue weighted by Crippen LogP contribution is -2.26. The van der Waals surface area contributed by atoms with E-state index in [1.165, 1.54) is 12.1 Å². The molecule has 0 heterocycles. The standard InChI is InChI=1S/C21H27N3O4S/c1-3-16(4-2)21(26)24-18-9-7-17(8-10-18)20(25)23-14-13-15-5-11-19(12-6-15)29(22,27)28/h5-12,16H,3-4,13-14H2,1-2H3,(H,23,25)(H,24,26)(H2,22,27,28). The molecule has 0 atom stereocenters. The lowest BCUT2D eigenvalue weighted by atomic mass is 10.0. The second kappa shape index (κ2) is 10.2. The number of anilines is 1. The van der Waals surface area contributed by atoms with Gasteiger partial charge in [-0.3, -0.25) is 9.59 Å². The quantitative estimate of drug-likeness (QED) is 0.581. The largest absolute Gasteiger partial charge is 0.352 e. The van der Waals surface area contributed by atoms with Crippen LogP contribution in [0.1, 0.15) is 42.6 Å². The number of hydrogen-bond acceptors (Lipinski definition) is 4. The first kappa shape index (κ1) is 22.6. The van der Waals surface area contributed by atoms with Crippen molar-refractivity contribution in [2.45, 2.75) is 38.0 Å². The minimum absolute atomic E-state index is 0.0133. The molecule has 2 aromatic carbocycles. The molecule has 0 fully saturated rings. The van der Waals surface area contributed by atoms with Crippen LogP contribution in [0.4, 0.5) is 5.69 Å². The number of primary sulfonamides is 1. The molecule has 0 spiro atoms. The van der Waals surface area contributed by atoms with Crippen molar-refractivity contribution in [3.8, 4) is 0 Å². The Morgan fingerprint density at radius 3 is 2.07 bits per heavy atom. The molecule has 0 aliphatic rings. The van der Waals surface area contributed by atoms with Gasteiger partial charge in [0.25, 0.3) is 5.91 Å². The second-order valence-corrected chi connectivity index (χ2v) is 8.34. The maximum atomic E-state index is 12.3. The summed E-state index contributed by atoms with van der Waals surface area (Å²) in [6.45, 7) is 4.37. The Morgan fingerprint density at radius 2 is 1.55 bits per heavy atom. The number of nitrogens with one attached hydrogen (secondary N) is 2. The maximum absolute atomic E-state index is 12.3. The number of amides is 2. The fourth-order valence-electron chi connectivity index (χ4n) is 2.88. The van der Waals surface area contributed by atoms with Crippen molar-refractivity contribution in [1.82, 2.24) is 5.32 Å². The monoisotopic (exact) mass is 417 g/mol. The van der Waals surface area contributed by atoms with E-state index >= 15 is 0 Å². The molecule has 4 N–H and O–H groups in total. The maximum Gasteiger partial charge on any atom is 0.251 e. The second-order valence-electron chi connectivity index (χ2n) is 6.77. The number of hydrogen-bond donors (Lipinski definition) is 3. The van der Waals surface area contributed by atoms with Crippen molar-refractivity contribution >= 4 is 27.5 Å². The summed E-state index contributed by atoms with van der Waals surface area (Å²) in [6, 6.07) is 13.0. The van der Waals surface area contributed by atoms with Gasteiger partial charge in [-0.15, -0.1) is 0 Å². The number of rotatable bonds is 9. The molecule has 0 saturated carbocycles. The zero-order valence-electron chi connectivity index (χ0n) is 16.6. The molecule has 2 rings (SSSR count). The molecule has 0 aromatic heterocycles. The van der Waals surface area contributed by atoms with Crippen LogP contribution in [0.15, 0.2) is 53.4 Å². The average Bonchev–Trinajstić information content (AvgIpc) is 2.69. The molecule has 0 radical (unpaired) electrons. The molecule has 29 heavy (non-hydrogen) atoms. The van der Waals surface area contributed by atoms with E-state index in [1.807, 2.05) is 13.8 Å². The minimum atomic E-state index is -3.70. The van der Waals surface area contributed by atoms with Crippen molar-refractivity contribution in [3.05, 3.63) is 59.7 Å². The van der Waals surface area contributed by atoms with Gasteiger partial charge < -0.3 is 10.6 Å². The molecular formula is C21H27N3O4S. The normalized spacial score (nSPS) is 11.3. The molecule has 156 valence electrons. The van der Waals surface area contributed by atoms with Crippen LogP contribution in [0.5, 0.6) is 0 Å². The third-order valence-corrected chi connectivity index (χ3v) is 5.65. The van der Waals surface area contributed by atoms with Gasteiger partial charge in [0.1, 0.15) is 0 Å². The fourth-order valence-corrected chi connectivity index (χ4v) is 3.39. The molecule has 2 amide bonds.